The van der Waals surface area contributed by atoms with E-state index in [-0.39, 0.29) is 5.91 Å². The summed E-state index contributed by atoms with van der Waals surface area (Å²) in [7, 11) is 0. The number of piperazine rings is 1. The van der Waals surface area contributed by atoms with Crippen LogP contribution in [0.15, 0.2) is 61.1 Å². The summed E-state index contributed by atoms with van der Waals surface area (Å²) in [6.07, 6.45) is 5.59. The van der Waals surface area contributed by atoms with E-state index >= 15 is 0 Å². The molecule has 2 aromatic heterocycles. The first-order valence-corrected chi connectivity index (χ1v) is 8.99. The Balaban J connectivity index is 1.37. The van der Waals surface area contributed by atoms with Crippen LogP contribution in [-0.4, -0.2) is 56.7 Å². The summed E-state index contributed by atoms with van der Waals surface area (Å²) in [5.41, 5.74) is 3.29. The first kappa shape index (κ1) is 16.6. The fourth-order valence-corrected chi connectivity index (χ4v) is 3.42. The van der Waals surface area contributed by atoms with Crippen LogP contribution in [0.2, 0.25) is 0 Å². The van der Waals surface area contributed by atoms with Gasteiger partial charge in [0.15, 0.2) is 0 Å². The monoisotopic (exact) mass is 349 g/mol. The molecule has 0 saturated carbocycles. The second-order valence-electron chi connectivity index (χ2n) is 6.62. The number of nitrogens with one attached hydrogen (secondary N) is 1. The molecule has 4 rings (SSSR count). The Labute approximate surface area is 153 Å². The van der Waals surface area contributed by atoms with Crippen LogP contribution in [-0.2, 0) is 13.1 Å². The third-order valence-electron chi connectivity index (χ3n) is 4.89. The highest BCUT2D eigenvalue weighted by Crippen LogP contribution is 2.15. The van der Waals surface area contributed by atoms with Crippen molar-refractivity contribution in [3.05, 3.63) is 77.9 Å². The van der Waals surface area contributed by atoms with E-state index in [1.54, 1.807) is 6.20 Å². The molecule has 0 aliphatic carbocycles. The van der Waals surface area contributed by atoms with Crippen molar-refractivity contribution in [1.82, 2.24) is 24.6 Å². The first-order valence-electron chi connectivity index (χ1n) is 8.99. The number of H-pyrrole nitrogens is 1. The highest BCUT2D eigenvalue weighted by molar-refractivity contribution is 5.92. The maximum Gasteiger partial charge on any atom is 0.270 e. The number of hydrogen-bond acceptors (Lipinski definition) is 3. The smallest absolute Gasteiger partial charge is 0.270 e. The highest BCUT2D eigenvalue weighted by Gasteiger charge is 2.23. The van der Waals surface area contributed by atoms with E-state index < -0.39 is 0 Å². The molecule has 0 bridgehead atoms. The van der Waals surface area contributed by atoms with Gasteiger partial charge in [-0.25, -0.2) is 0 Å². The van der Waals surface area contributed by atoms with Gasteiger partial charge in [0.1, 0.15) is 5.69 Å². The minimum atomic E-state index is 0.0914. The average Bonchev–Trinajstić information content (AvgIpc) is 3.37. The molecule has 26 heavy (non-hydrogen) atoms. The molecule has 6 nitrogen and oxygen atoms in total. The molecule has 6 heteroatoms. The minimum Gasteiger partial charge on any atom is -0.357 e. The fraction of sp³-hybridized carbons (Fsp3) is 0.300. The molecule has 1 aliphatic heterocycles. The maximum atomic E-state index is 12.4. The molecule has 0 radical (unpaired) electrons. The summed E-state index contributed by atoms with van der Waals surface area (Å²) in [5.74, 6) is 0.0914. The average molecular weight is 349 g/mol. The number of hydrogen-bond donors (Lipinski definition) is 1. The maximum absolute atomic E-state index is 12.4. The molecular formula is C20H23N5O. The molecule has 3 heterocycles. The lowest BCUT2D eigenvalue weighted by Gasteiger charge is -2.34. The molecular weight excluding hydrogens is 326 g/mol. The van der Waals surface area contributed by atoms with E-state index in [4.69, 9.17) is 0 Å². The van der Waals surface area contributed by atoms with Gasteiger partial charge in [-0.15, -0.1) is 0 Å². The highest BCUT2D eigenvalue weighted by atomic mass is 16.2. The lowest BCUT2D eigenvalue weighted by molar-refractivity contribution is 0.0623. The van der Waals surface area contributed by atoms with Crippen LogP contribution in [0.3, 0.4) is 0 Å². The molecule has 134 valence electrons. The quantitative estimate of drug-likeness (QED) is 0.768. The van der Waals surface area contributed by atoms with Crippen LogP contribution < -0.4 is 0 Å². The van der Waals surface area contributed by atoms with E-state index in [9.17, 15) is 4.79 Å². The van der Waals surface area contributed by atoms with Crippen molar-refractivity contribution in [1.29, 1.82) is 0 Å². The van der Waals surface area contributed by atoms with Crippen molar-refractivity contribution in [3.63, 3.8) is 0 Å². The number of rotatable bonds is 5. The van der Waals surface area contributed by atoms with Crippen LogP contribution in [0.1, 0.15) is 21.6 Å². The number of aromatic amines is 1. The van der Waals surface area contributed by atoms with Gasteiger partial charge in [0, 0.05) is 51.3 Å². The standard InChI is InChI=1S/C20H23N5O/c26-20(19-7-3-8-21-19)24-13-11-23(12-14-24)15-17-5-1-2-6-18(17)16-25-10-4-9-22-25/h1-10,21H,11-16H2. The van der Waals surface area contributed by atoms with Gasteiger partial charge in [0.2, 0.25) is 0 Å². The predicted octanol–water partition coefficient (Wildman–Crippen LogP) is 2.22. The summed E-state index contributed by atoms with van der Waals surface area (Å²) in [6.45, 7) is 5.00. The lowest BCUT2D eigenvalue weighted by atomic mass is 10.1. The Morgan fingerprint density at radius 2 is 1.73 bits per heavy atom. The van der Waals surface area contributed by atoms with Crippen molar-refractivity contribution in [2.45, 2.75) is 13.1 Å². The van der Waals surface area contributed by atoms with E-state index in [2.05, 4.69) is 39.2 Å². The predicted molar refractivity (Wildman–Crippen MR) is 99.7 cm³/mol. The molecule has 3 aromatic rings. The van der Waals surface area contributed by atoms with Gasteiger partial charge < -0.3 is 9.88 Å². The Hall–Kier alpha value is -2.86. The zero-order valence-electron chi connectivity index (χ0n) is 14.7. The van der Waals surface area contributed by atoms with Gasteiger partial charge >= 0.3 is 0 Å². The first-order chi connectivity index (χ1) is 12.8. The lowest BCUT2D eigenvalue weighted by Crippen LogP contribution is -2.48. The molecule has 1 amide bonds. The summed E-state index contributed by atoms with van der Waals surface area (Å²) in [5, 5.41) is 4.31. The normalized spacial score (nSPS) is 15.3. The molecule has 1 aromatic carbocycles. The van der Waals surface area contributed by atoms with Crippen LogP contribution in [0, 0.1) is 0 Å². The zero-order chi connectivity index (χ0) is 17.8. The number of carbonyl (C=O) groups is 1. The third-order valence-corrected chi connectivity index (χ3v) is 4.89. The fourth-order valence-electron chi connectivity index (χ4n) is 3.42. The number of amides is 1. The van der Waals surface area contributed by atoms with Crippen molar-refractivity contribution in [2.75, 3.05) is 26.2 Å². The van der Waals surface area contributed by atoms with Crippen LogP contribution in [0.25, 0.3) is 0 Å². The van der Waals surface area contributed by atoms with Crippen molar-refractivity contribution < 1.29 is 4.79 Å². The largest absolute Gasteiger partial charge is 0.357 e. The van der Waals surface area contributed by atoms with Gasteiger partial charge in [-0.05, 0) is 29.3 Å². The summed E-state index contributed by atoms with van der Waals surface area (Å²) in [4.78, 5) is 19.8. The van der Waals surface area contributed by atoms with Crippen LogP contribution in [0.4, 0.5) is 0 Å². The minimum absolute atomic E-state index is 0.0914. The Morgan fingerprint density at radius 3 is 2.38 bits per heavy atom. The van der Waals surface area contributed by atoms with Gasteiger partial charge in [0.05, 0.1) is 6.54 Å². The second-order valence-corrected chi connectivity index (χ2v) is 6.62. The second kappa shape index (κ2) is 7.58. The van der Waals surface area contributed by atoms with E-state index in [0.29, 0.717) is 5.69 Å². The topological polar surface area (TPSA) is 57.2 Å². The van der Waals surface area contributed by atoms with E-state index in [0.717, 1.165) is 39.3 Å². The van der Waals surface area contributed by atoms with Gasteiger partial charge in [-0.2, -0.15) is 5.10 Å². The van der Waals surface area contributed by atoms with Crippen LogP contribution >= 0.6 is 0 Å². The molecule has 0 atom stereocenters. The molecule has 0 spiro atoms. The molecule has 1 N–H and O–H groups in total. The number of carbonyl (C=O) groups excluding carboxylic acids is 1. The summed E-state index contributed by atoms with van der Waals surface area (Å²) >= 11 is 0. The Morgan fingerprint density at radius 1 is 0.962 bits per heavy atom. The van der Waals surface area contributed by atoms with Crippen molar-refractivity contribution >= 4 is 5.91 Å². The van der Waals surface area contributed by atoms with Crippen molar-refractivity contribution in [3.8, 4) is 0 Å². The zero-order valence-corrected chi connectivity index (χ0v) is 14.7. The van der Waals surface area contributed by atoms with Crippen molar-refractivity contribution in [2.24, 2.45) is 0 Å². The van der Waals surface area contributed by atoms with Gasteiger partial charge in [0.25, 0.3) is 5.91 Å². The molecule has 1 aliphatic rings. The molecule has 0 unspecified atom stereocenters. The Bertz CT molecular complexity index is 833. The number of benzene rings is 1. The van der Waals surface area contributed by atoms with Crippen LogP contribution in [0.5, 0.6) is 0 Å². The Kier molecular flexibility index (Phi) is 4.84. The van der Waals surface area contributed by atoms with Gasteiger partial charge in [-0.1, -0.05) is 24.3 Å². The summed E-state index contributed by atoms with van der Waals surface area (Å²) < 4.78 is 1.95. The third kappa shape index (κ3) is 3.70. The van der Waals surface area contributed by atoms with Gasteiger partial charge in [-0.3, -0.25) is 14.4 Å². The molecule has 1 saturated heterocycles. The SMILES string of the molecule is O=C(c1ccc[nH]1)N1CCN(Cc2ccccc2Cn2cccn2)CC1. The number of aromatic nitrogens is 3. The number of nitrogens with zero attached hydrogens (tertiary/aromatic N) is 4. The molecule has 1 fully saturated rings. The van der Waals surface area contributed by atoms with E-state index in [1.807, 2.05) is 40.2 Å². The van der Waals surface area contributed by atoms with E-state index in [1.165, 1.54) is 11.1 Å². The summed E-state index contributed by atoms with van der Waals surface area (Å²) in [6, 6.07) is 14.2.